The number of aromatic hydroxyl groups is 2. The van der Waals surface area contributed by atoms with Gasteiger partial charge < -0.3 is 19.7 Å². The number of hydrogen-bond donors (Lipinski definition) is 2. The molecule has 0 fully saturated rings. The van der Waals surface area contributed by atoms with E-state index in [0.29, 0.717) is 22.3 Å². The molecule has 0 atom stereocenters. The van der Waals surface area contributed by atoms with Crippen molar-refractivity contribution in [2.75, 3.05) is 0 Å². The summed E-state index contributed by atoms with van der Waals surface area (Å²) in [6, 6.07) is 7.48. The van der Waals surface area contributed by atoms with E-state index in [1.54, 1.807) is 0 Å². The summed E-state index contributed by atoms with van der Waals surface area (Å²) in [4.78, 5) is 26.9. The molecule has 0 saturated heterocycles. The highest BCUT2D eigenvalue weighted by atomic mass is 16.7. The number of unbranched alkanes of at least 4 members (excludes halogenated alkanes) is 16. The van der Waals surface area contributed by atoms with Crippen molar-refractivity contribution in [1.82, 2.24) is 0 Å². The van der Waals surface area contributed by atoms with E-state index >= 15 is 0 Å². The lowest BCUT2D eigenvalue weighted by Gasteiger charge is -2.38. The summed E-state index contributed by atoms with van der Waals surface area (Å²) in [7, 11) is 0. The topological polar surface area (TPSA) is 93.1 Å². The zero-order valence-electron chi connectivity index (χ0n) is 32.1. The summed E-state index contributed by atoms with van der Waals surface area (Å²) in [5.74, 6) is -0.389. The Hall–Kier alpha value is -3.02. The maximum atomic E-state index is 13.5. The Balaban J connectivity index is 2.28. The van der Waals surface area contributed by atoms with Crippen molar-refractivity contribution < 1.29 is 29.3 Å². The molecule has 0 unspecified atom stereocenters. The predicted octanol–water partition coefficient (Wildman–Crippen LogP) is 11.9. The molecule has 2 aromatic rings. The van der Waals surface area contributed by atoms with E-state index in [9.17, 15) is 19.8 Å². The molecule has 6 heteroatoms. The van der Waals surface area contributed by atoms with E-state index in [1.165, 1.54) is 77.0 Å². The van der Waals surface area contributed by atoms with Gasteiger partial charge in [0.25, 0.3) is 6.29 Å². The molecule has 0 aliphatic carbocycles. The minimum absolute atomic E-state index is 0.199. The first kappa shape index (κ1) is 42.1. The lowest BCUT2D eigenvalue weighted by Crippen LogP contribution is -2.44. The quantitative estimate of drug-likeness (QED) is 0.0616. The van der Waals surface area contributed by atoms with Crippen LogP contribution in [0.5, 0.6) is 11.5 Å². The van der Waals surface area contributed by atoms with Gasteiger partial charge in [-0.15, -0.1) is 0 Å². The van der Waals surface area contributed by atoms with Crippen molar-refractivity contribution in [3.05, 3.63) is 57.6 Å². The molecule has 0 amide bonds. The maximum Gasteiger partial charge on any atom is 0.308 e. The summed E-state index contributed by atoms with van der Waals surface area (Å²) in [5, 5.41) is 21.3. The first-order chi connectivity index (χ1) is 23.4. The zero-order valence-corrected chi connectivity index (χ0v) is 32.1. The van der Waals surface area contributed by atoms with Crippen molar-refractivity contribution in [1.29, 1.82) is 0 Å². The number of benzene rings is 2. The first-order valence-corrected chi connectivity index (χ1v) is 19.5. The molecule has 6 nitrogen and oxygen atoms in total. The molecular weight excluding hydrogens is 612 g/mol. The van der Waals surface area contributed by atoms with Gasteiger partial charge in [-0.2, -0.15) is 0 Å². The molecule has 0 aliphatic rings. The van der Waals surface area contributed by atoms with Gasteiger partial charge in [-0.3, -0.25) is 9.59 Å². The highest BCUT2D eigenvalue weighted by Gasteiger charge is 2.44. The standard InChI is InChI=1S/C43H68O6/c1-8-10-12-14-16-18-20-22-24-26-38(44)48-42(49-39(45)27-25-23-21-19-17-15-13-11-9-2)43(7,36-28-32(3)40(46)33(4)29-36)37-30-34(5)41(47)35(6)31-37/h28-31,42,46-47H,8-27H2,1-7H3. The lowest BCUT2D eigenvalue weighted by molar-refractivity contribution is -0.198. The van der Waals surface area contributed by atoms with Crippen molar-refractivity contribution in [3.63, 3.8) is 0 Å². The largest absolute Gasteiger partial charge is 0.507 e. The summed E-state index contributed by atoms with van der Waals surface area (Å²) < 4.78 is 12.3. The number of carbonyl (C=O) groups is 2. The molecular formula is C43H68O6. The molecule has 0 radical (unpaired) electrons. The van der Waals surface area contributed by atoms with Gasteiger partial charge in [0.05, 0.1) is 5.41 Å². The second-order valence-electron chi connectivity index (χ2n) is 14.6. The van der Waals surface area contributed by atoms with Crippen LogP contribution < -0.4 is 0 Å². The normalized spacial score (nSPS) is 11.7. The van der Waals surface area contributed by atoms with Gasteiger partial charge in [0.1, 0.15) is 11.5 Å². The molecule has 2 N–H and O–H groups in total. The second-order valence-corrected chi connectivity index (χ2v) is 14.6. The number of esters is 2. The number of carbonyl (C=O) groups excluding carboxylic acids is 2. The third-order valence-electron chi connectivity index (χ3n) is 10.1. The third-order valence-corrected chi connectivity index (χ3v) is 10.1. The van der Waals surface area contributed by atoms with E-state index in [-0.39, 0.29) is 24.3 Å². The van der Waals surface area contributed by atoms with Crippen molar-refractivity contribution in [2.24, 2.45) is 0 Å². The fourth-order valence-corrected chi connectivity index (χ4v) is 6.73. The predicted molar refractivity (Wildman–Crippen MR) is 201 cm³/mol. The maximum absolute atomic E-state index is 13.5. The van der Waals surface area contributed by atoms with Crippen LogP contribution in [0.15, 0.2) is 24.3 Å². The van der Waals surface area contributed by atoms with E-state index in [1.807, 2.05) is 58.9 Å². The minimum atomic E-state index is -1.24. The van der Waals surface area contributed by atoms with Gasteiger partial charge >= 0.3 is 11.9 Å². The molecule has 2 aromatic carbocycles. The Morgan fingerprint density at radius 1 is 0.531 bits per heavy atom. The number of phenols is 2. The van der Waals surface area contributed by atoms with E-state index < -0.39 is 23.6 Å². The Morgan fingerprint density at radius 3 is 1.08 bits per heavy atom. The molecule has 2 rings (SSSR count). The molecule has 0 aliphatic heterocycles. The van der Waals surface area contributed by atoms with Crippen LogP contribution in [0.4, 0.5) is 0 Å². The van der Waals surface area contributed by atoms with Crippen LogP contribution in [-0.2, 0) is 24.5 Å². The van der Waals surface area contributed by atoms with Crippen LogP contribution in [0.3, 0.4) is 0 Å². The average molecular weight is 681 g/mol. The molecule has 276 valence electrons. The van der Waals surface area contributed by atoms with Gasteiger partial charge in [0.2, 0.25) is 0 Å². The Bertz CT molecular complexity index is 1140. The van der Waals surface area contributed by atoms with Gasteiger partial charge in [0.15, 0.2) is 0 Å². The summed E-state index contributed by atoms with van der Waals surface area (Å²) in [5.41, 5.74) is 3.09. The molecule has 49 heavy (non-hydrogen) atoms. The summed E-state index contributed by atoms with van der Waals surface area (Å²) in [6.07, 6.45) is 19.8. The Labute approximate surface area is 298 Å². The third kappa shape index (κ3) is 14.0. The van der Waals surface area contributed by atoms with E-state index in [2.05, 4.69) is 13.8 Å². The van der Waals surface area contributed by atoms with Gasteiger partial charge in [0, 0.05) is 12.8 Å². The van der Waals surface area contributed by atoms with E-state index in [0.717, 1.165) is 49.7 Å². The Kier molecular flexibility index (Phi) is 19.5. The highest BCUT2D eigenvalue weighted by molar-refractivity contribution is 5.72. The molecule has 0 spiro atoms. The average Bonchev–Trinajstić information content (AvgIpc) is 3.06. The summed E-state index contributed by atoms with van der Waals surface area (Å²) >= 11 is 0. The van der Waals surface area contributed by atoms with Crippen LogP contribution in [0.2, 0.25) is 0 Å². The Morgan fingerprint density at radius 2 is 0.796 bits per heavy atom. The van der Waals surface area contributed by atoms with Gasteiger partial charge in [-0.1, -0.05) is 141 Å². The monoisotopic (exact) mass is 681 g/mol. The molecule has 0 heterocycles. The van der Waals surface area contributed by atoms with Crippen molar-refractivity contribution in [2.45, 2.75) is 189 Å². The lowest BCUT2D eigenvalue weighted by atomic mass is 9.73. The minimum Gasteiger partial charge on any atom is -0.507 e. The molecule has 0 bridgehead atoms. The van der Waals surface area contributed by atoms with Crippen LogP contribution >= 0.6 is 0 Å². The fourth-order valence-electron chi connectivity index (χ4n) is 6.73. The highest BCUT2D eigenvalue weighted by Crippen LogP contribution is 2.42. The second kappa shape index (κ2) is 22.6. The number of phenolic OH excluding ortho intramolecular Hbond substituents is 2. The van der Waals surface area contributed by atoms with Crippen LogP contribution in [0, 0.1) is 27.7 Å². The number of rotatable bonds is 25. The number of ether oxygens (including phenoxy) is 2. The SMILES string of the molecule is CCCCCCCCCCCC(=O)OC(OC(=O)CCCCCCCCCCC)C(C)(c1cc(C)c(O)c(C)c1)c1cc(C)c(O)c(C)c1. The smallest absolute Gasteiger partial charge is 0.308 e. The van der Waals surface area contributed by atoms with E-state index in [4.69, 9.17) is 9.47 Å². The first-order valence-electron chi connectivity index (χ1n) is 19.5. The number of hydrogen-bond acceptors (Lipinski definition) is 6. The zero-order chi connectivity index (χ0) is 36.2. The summed E-state index contributed by atoms with van der Waals surface area (Å²) in [6.45, 7) is 13.7. The molecule has 0 aromatic heterocycles. The van der Waals surface area contributed by atoms with Crippen LogP contribution in [0.1, 0.15) is 183 Å². The van der Waals surface area contributed by atoms with Gasteiger partial charge in [-0.25, -0.2) is 0 Å². The van der Waals surface area contributed by atoms with Crippen molar-refractivity contribution >= 4 is 11.9 Å². The van der Waals surface area contributed by atoms with Crippen LogP contribution in [-0.4, -0.2) is 28.4 Å². The van der Waals surface area contributed by atoms with Crippen molar-refractivity contribution in [3.8, 4) is 11.5 Å². The molecule has 0 saturated carbocycles. The van der Waals surface area contributed by atoms with Crippen LogP contribution in [0.25, 0.3) is 0 Å². The number of aryl methyl sites for hydroxylation is 4. The van der Waals surface area contributed by atoms with Gasteiger partial charge in [-0.05, 0) is 80.8 Å². The fraction of sp³-hybridized carbons (Fsp3) is 0.674.